The standard InChI is InChI=1S/C47H55N11O10/c1-6-57-36(21-29(3)53-57)44-49-27-34-33-25-32(43(48)62)26-39(68-20-19-66-18-17-65-16-11-40(60)61)41(33)55(45(34)51-44)12-8-9-13-56-42-35(23-31(28-59)24-38(42)67-15-10-14-64-5)50-47(56)52-46(63)37-22-30(4)54-58(37)7-2/h8-9,21-28H,6-7,10-20H2,1-5H3,(H2,48,62)(H,60,61)(H,50,52,63)/b9-8+. The molecule has 0 aliphatic rings. The summed E-state index contributed by atoms with van der Waals surface area (Å²) in [5.41, 5.74) is 11.2. The summed E-state index contributed by atoms with van der Waals surface area (Å²) < 4.78 is 36.0. The van der Waals surface area contributed by atoms with E-state index in [9.17, 15) is 19.2 Å². The number of rotatable bonds is 26. The number of benzene rings is 2. The number of nitrogens with one attached hydrogen (secondary N) is 1. The van der Waals surface area contributed by atoms with Gasteiger partial charge in [0, 0.05) is 74.4 Å². The normalized spacial score (nSPS) is 11.7. The van der Waals surface area contributed by atoms with Crippen molar-refractivity contribution in [1.29, 1.82) is 0 Å². The van der Waals surface area contributed by atoms with Gasteiger partial charge in [0.25, 0.3) is 5.91 Å². The van der Waals surface area contributed by atoms with Crippen LogP contribution in [0.2, 0.25) is 0 Å². The lowest BCUT2D eigenvalue weighted by atomic mass is 10.1. The number of nitrogens with zero attached hydrogens (tertiary/aromatic N) is 9. The van der Waals surface area contributed by atoms with Crippen LogP contribution in [0.25, 0.3) is 44.5 Å². The first-order valence-corrected chi connectivity index (χ1v) is 22.2. The van der Waals surface area contributed by atoms with E-state index in [0.29, 0.717) is 100.0 Å². The lowest BCUT2D eigenvalue weighted by molar-refractivity contribution is -0.138. The lowest BCUT2D eigenvalue weighted by Crippen LogP contribution is -2.20. The molecule has 0 spiro atoms. The van der Waals surface area contributed by atoms with E-state index in [0.717, 1.165) is 17.7 Å². The van der Waals surface area contributed by atoms with Crippen LogP contribution in [0.5, 0.6) is 11.5 Å². The second-order valence-electron chi connectivity index (χ2n) is 15.6. The number of amides is 2. The number of carboxylic acids is 1. The van der Waals surface area contributed by atoms with Gasteiger partial charge < -0.3 is 43.7 Å². The second kappa shape index (κ2) is 22.3. The van der Waals surface area contributed by atoms with Crippen LogP contribution in [0.3, 0.4) is 0 Å². The van der Waals surface area contributed by atoms with Crippen LogP contribution in [0, 0.1) is 13.8 Å². The molecule has 5 aromatic heterocycles. The van der Waals surface area contributed by atoms with Crippen LogP contribution in [0.15, 0.2) is 54.7 Å². The zero-order chi connectivity index (χ0) is 48.3. The molecule has 7 rings (SSSR count). The average molecular weight is 934 g/mol. The molecular weight excluding hydrogens is 879 g/mol. The number of ether oxygens (including phenoxy) is 5. The molecule has 0 saturated carbocycles. The van der Waals surface area contributed by atoms with Crippen molar-refractivity contribution in [3.05, 3.63) is 83.0 Å². The number of hydrogen-bond acceptors (Lipinski definition) is 14. The predicted octanol–water partition coefficient (Wildman–Crippen LogP) is 5.37. The number of methoxy groups -OCH3 is 1. The Hall–Kier alpha value is -7.49. The van der Waals surface area contributed by atoms with Gasteiger partial charge in [0.1, 0.15) is 46.9 Å². The predicted molar refractivity (Wildman–Crippen MR) is 251 cm³/mol. The van der Waals surface area contributed by atoms with Crippen molar-refractivity contribution < 1.29 is 48.0 Å². The first kappa shape index (κ1) is 48.4. The highest BCUT2D eigenvalue weighted by Crippen LogP contribution is 2.37. The Morgan fingerprint density at radius 1 is 0.779 bits per heavy atom. The number of carboxylic acid groups (broad SMARTS) is 1. The largest absolute Gasteiger partial charge is 0.491 e. The van der Waals surface area contributed by atoms with Gasteiger partial charge in [-0.1, -0.05) is 12.2 Å². The van der Waals surface area contributed by atoms with Crippen molar-refractivity contribution in [1.82, 2.24) is 43.6 Å². The Morgan fingerprint density at radius 2 is 1.47 bits per heavy atom. The van der Waals surface area contributed by atoms with Crippen molar-refractivity contribution in [3.63, 3.8) is 0 Å². The molecule has 358 valence electrons. The summed E-state index contributed by atoms with van der Waals surface area (Å²) in [4.78, 5) is 64.1. The Bertz CT molecular complexity index is 2980. The van der Waals surface area contributed by atoms with Crippen molar-refractivity contribution in [2.75, 3.05) is 58.7 Å². The summed E-state index contributed by atoms with van der Waals surface area (Å²) in [6.07, 6.45) is 6.78. The number of fused-ring (bicyclic) bond motifs is 4. The first-order chi connectivity index (χ1) is 32.9. The molecule has 68 heavy (non-hydrogen) atoms. The number of aldehydes is 1. The van der Waals surface area contributed by atoms with Gasteiger partial charge in [-0.3, -0.25) is 33.9 Å². The van der Waals surface area contributed by atoms with Crippen molar-refractivity contribution in [2.45, 2.75) is 66.7 Å². The maximum absolute atomic E-state index is 13.8. The number of primary amides is 1. The number of hydrogen-bond donors (Lipinski definition) is 3. The van der Waals surface area contributed by atoms with Gasteiger partial charge in [0.05, 0.1) is 61.9 Å². The number of aliphatic carboxylic acids is 1. The quantitative estimate of drug-likeness (QED) is 0.0350. The van der Waals surface area contributed by atoms with Gasteiger partial charge in [0.15, 0.2) is 5.82 Å². The molecule has 2 amide bonds. The molecule has 0 fully saturated rings. The Morgan fingerprint density at radius 3 is 2.19 bits per heavy atom. The van der Waals surface area contributed by atoms with Gasteiger partial charge in [-0.2, -0.15) is 10.2 Å². The van der Waals surface area contributed by atoms with Crippen molar-refractivity contribution >= 4 is 63.0 Å². The van der Waals surface area contributed by atoms with E-state index >= 15 is 0 Å². The molecule has 21 nitrogen and oxygen atoms in total. The second-order valence-corrected chi connectivity index (χ2v) is 15.6. The third kappa shape index (κ3) is 11.0. The minimum absolute atomic E-state index is 0.0760. The van der Waals surface area contributed by atoms with Crippen LogP contribution >= 0.6 is 0 Å². The van der Waals surface area contributed by atoms with Crippen molar-refractivity contribution in [3.8, 4) is 23.0 Å². The molecule has 0 radical (unpaired) electrons. The highest BCUT2D eigenvalue weighted by atomic mass is 16.5. The lowest BCUT2D eigenvalue weighted by Gasteiger charge is -2.13. The highest BCUT2D eigenvalue weighted by Gasteiger charge is 2.23. The zero-order valence-corrected chi connectivity index (χ0v) is 38.7. The summed E-state index contributed by atoms with van der Waals surface area (Å²) in [7, 11) is 1.61. The molecule has 0 aliphatic carbocycles. The fraction of sp³-hybridized carbons (Fsp3) is 0.383. The maximum atomic E-state index is 13.8. The van der Waals surface area contributed by atoms with E-state index in [-0.39, 0.29) is 64.1 Å². The molecule has 21 heteroatoms. The van der Waals surface area contributed by atoms with Crippen LogP contribution in [-0.2, 0) is 45.2 Å². The SMILES string of the molecule is CCn1nc(C)cc1C(=O)Nc1nc2cc(C=O)cc(OCCCOC)c2n1C/C=C/Cn1c2nc(-c3cc(C)nn3CC)ncc2c2cc(C(N)=O)cc(OCCOCCOCCC(=O)O)c21. The topological polar surface area (TPSA) is 257 Å². The van der Waals surface area contributed by atoms with E-state index in [1.165, 1.54) is 0 Å². The van der Waals surface area contributed by atoms with E-state index < -0.39 is 17.8 Å². The summed E-state index contributed by atoms with van der Waals surface area (Å²) in [5.74, 6) is -0.578. The molecule has 4 N–H and O–H groups in total. The summed E-state index contributed by atoms with van der Waals surface area (Å²) in [5, 5.41) is 22.2. The van der Waals surface area contributed by atoms with Gasteiger partial charge in [-0.05, 0) is 64.1 Å². The molecule has 0 bridgehead atoms. The van der Waals surface area contributed by atoms with Gasteiger partial charge in [-0.25, -0.2) is 15.0 Å². The third-order valence-electron chi connectivity index (χ3n) is 10.8. The molecule has 7 aromatic rings. The number of anilines is 1. The number of nitrogens with two attached hydrogens (primary N) is 1. The molecular formula is C47H55N11O10. The van der Waals surface area contributed by atoms with E-state index in [1.807, 2.05) is 59.7 Å². The number of imidazole rings is 1. The average Bonchev–Trinajstić information content (AvgIpc) is 4.09. The summed E-state index contributed by atoms with van der Waals surface area (Å²) in [6, 6.07) is 10.2. The smallest absolute Gasteiger partial charge is 0.305 e. The van der Waals surface area contributed by atoms with E-state index in [1.54, 1.807) is 48.3 Å². The minimum Gasteiger partial charge on any atom is -0.491 e. The Balaban J connectivity index is 1.27. The first-order valence-electron chi connectivity index (χ1n) is 22.2. The summed E-state index contributed by atoms with van der Waals surface area (Å²) in [6.45, 7) is 10.7. The number of carbonyl (C=O) groups is 4. The van der Waals surface area contributed by atoms with Gasteiger partial charge in [-0.15, -0.1) is 0 Å². The van der Waals surface area contributed by atoms with Crippen molar-refractivity contribution in [2.24, 2.45) is 5.73 Å². The van der Waals surface area contributed by atoms with Crippen LogP contribution in [-0.4, -0.2) is 126 Å². The zero-order valence-electron chi connectivity index (χ0n) is 38.7. The summed E-state index contributed by atoms with van der Waals surface area (Å²) >= 11 is 0. The van der Waals surface area contributed by atoms with E-state index in [2.05, 4.69) is 15.5 Å². The monoisotopic (exact) mass is 933 g/mol. The Kier molecular flexibility index (Phi) is 15.9. The van der Waals surface area contributed by atoms with Crippen LogP contribution in [0.4, 0.5) is 5.95 Å². The maximum Gasteiger partial charge on any atom is 0.305 e. The number of aromatic nitrogens is 9. The number of allylic oxidation sites excluding steroid dienone is 2. The highest BCUT2D eigenvalue weighted by molar-refractivity contribution is 6.12. The number of carbonyl (C=O) groups excluding carboxylic acids is 3. The molecule has 2 aromatic carbocycles. The third-order valence-corrected chi connectivity index (χ3v) is 10.8. The molecule has 0 aliphatic heterocycles. The fourth-order valence-corrected chi connectivity index (χ4v) is 7.76. The molecule has 5 heterocycles. The number of aryl methyl sites for hydroxylation is 4. The molecule has 0 saturated heterocycles. The van der Waals surface area contributed by atoms with E-state index in [4.69, 9.17) is 49.5 Å². The van der Waals surface area contributed by atoms with Gasteiger partial charge >= 0.3 is 5.97 Å². The van der Waals surface area contributed by atoms with Gasteiger partial charge in [0.2, 0.25) is 11.9 Å². The molecule has 0 unspecified atom stereocenters. The Labute approximate surface area is 390 Å². The van der Waals surface area contributed by atoms with Crippen LogP contribution < -0.4 is 20.5 Å². The fourth-order valence-electron chi connectivity index (χ4n) is 7.76. The molecule has 0 atom stereocenters. The minimum atomic E-state index is -0.945. The van der Waals surface area contributed by atoms with Crippen LogP contribution in [0.1, 0.15) is 69.3 Å².